The van der Waals surface area contributed by atoms with Gasteiger partial charge in [-0.25, -0.2) is 0 Å². The molecular weight excluding hydrogens is 359 g/mol. The molecule has 0 heterocycles. The largest absolute Gasteiger partial charge is 0.271 e. The molecule has 2 rings (SSSR count). The maximum absolute atomic E-state index is 11.9. The first-order valence-electron chi connectivity index (χ1n) is 6.46. The van der Waals surface area contributed by atoms with E-state index in [1.165, 1.54) is 12.2 Å². The van der Waals surface area contributed by atoms with Crippen LogP contribution in [-0.2, 0) is 4.79 Å². The van der Waals surface area contributed by atoms with Gasteiger partial charge in [0.05, 0.1) is 10.6 Å². The highest BCUT2D eigenvalue weighted by Gasteiger charge is 2.09. The van der Waals surface area contributed by atoms with E-state index >= 15 is 0 Å². The molecule has 2 aromatic carbocycles. The second-order valence-corrected chi connectivity index (χ2v) is 5.61. The van der Waals surface area contributed by atoms with Gasteiger partial charge in [-0.3, -0.25) is 20.4 Å². The number of carbonyl (C=O) groups excluding carboxylic acids is 2. The number of hydrogen-bond donors (Lipinski definition) is 2. The molecule has 0 saturated heterocycles. The Morgan fingerprint density at radius 2 is 1.43 bits per heavy atom. The van der Waals surface area contributed by atoms with E-state index in [0.29, 0.717) is 15.6 Å². The van der Waals surface area contributed by atoms with Crippen LogP contribution >= 0.6 is 34.8 Å². The third-order valence-corrected chi connectivity index (χ3v) is 3.81. The Balaban J connectivity index is 1.97. The first-order chi connectivity index (χ1) is 11.0. The molecule has 0 atom stereocenters. The molecule has 0 unspecified atom stereocenters. The minimum Gasteiger partial charge on any atom is -0.268 e. The minimum absolute atomic E-state index is 0.257. The van der Waals surface area contributed by atoms with Gasteiger partial charge in [0.25, 0.3) is 11.8 Å². The summed E-state index contributed by atoms with van der Waals surface area (Å²) >= 11 is 17.9. The predicted octanol–water partition coefficient (Wildman–Crippen LogP) is 4.12. The summed E-state index contributed by atoms with van der Waals surface area (Å²) < 4.78 is 0. The lowest BCUT2D eigenvalue weighted by Gasteiger charge is -2.06. The molecule has 0 radical (unpaired) electrons. The lowest BCUT2D eigenvalue weighted by molar-refractivity contribution is -0.117. The number of nitrogens with one attached hydrogen (secondary N) is 2. The first kappa shape index (κ1) is 17.3. The maximum Gasteiger partial charge on any atom is 0.271 e. The fraction of sp³-hybridized carbons (Fsp3) is 0. The van der Waals surface area contributed by atoms with Crippen LogP contribution < -0.4 is 10.9 Å². The van der Waals surface area contributed by atoms with Crippen molar-refractivity contribution in [2.75, 3.05) is 0 Å². The molecule has 0 aromatic heterocycles. The Kier molecular flexibility index (Phi) is 6.04. The fourth-order valence-electron chi connectivity index (χ4n) is 1.70. The van der Waals surface area contributed by atoms with Gasteiger partial charge in [0.1, 0.15) is 0 Å². The van der Waals surface area contributed by atoms with E-state index in [9.17, 15) is 9.59 Å². The lowest BCUT2D eigenvalue weighted by Crippen LogP contribution is -2.40. The summed E-state index contributed by atoms with van der Waals surface area (Å²) in [7, 11) is 0. The summed E-state index contributed by atoms with van der Waals surface area (Å²) in [5.41, 5.74) is 5.29. The molecule has 0 aliphatic carbocycles. The zero-order valence-electron chi connectivity index (χ0n) is 11.6. The Morgan fingerprint density at radius 1 is 0.826 bits per heavy atom. The third-order valence-electron chi connectivity index (χ3n) is 2.82. The van der Waals surface area contributed by atoms with Gasteiger partial charge in [-0.05, 0) is 30.3 Å². The second kappa shape index (κ2) is 8.02. The molecule has 0 spiro atoms. The van der Waals surface area contributed by atoms with Gasteiger partial charge < -0.3 is 0 Å². The molecule has 118 valence electrons. The van der Waals surface area contributed by atoms with Crippen LogP contribution in [0.1, 0.15) is 15.9 Å². The highest BCUT2D eigenvalue weighted by Crippen LogP contribution is 2.25. The highest BCUT2D eigenvalue weighted by molar-refractivity contribution is 6.37. The standard InChI is InChI=1S/C16H11Cl3N2O2/c17-12-6-3-7-13(18)10(12)8-9-15(22)20-21-16(23)11-4-1-2-5-14(11)19/h1-9H,(H,20,22)(H,21,23)/b9-8+. The number of carbonyl (C=O) groups is 2. The van der Waals surface area contributed by atoms with Gasteiger partial charge in [0.2, 0.25) is 0 Å². The van der Waals surface area contributed by atoms with Crippen LogP contribution in [0, 0.1) is 0 Å². The molecule has 2 aromatic rings. The summed E-state index contributed by atoms with van der Waals surface area (Å²) in [6, 6.07) is 11.5. The summed E-state index contributed by atoms with van der Waals surface area (Å²) in [4.78, 5) is 23.6. The van der Waals surface area contributed by atoms with Crippen LogP contribution in [0.2, 0.25) is 15.1 Å². The zero-order valence-corrected chi connectivity index (χ0v) is 13.9. The van der Waals surface area contributed by atoms with Crippen molar-refractivity contribution in [2.24, 2.45) is 0 Å². The third kappa shape index (κ3) is 4.73. The minimum atomic E-state index is -0.540. The molecule has 0 aliphatic heterocycles. The molecular formula is C16H11Cl3N2O2. The Labute approximate surface area is 148 Å². The monoisotopic (exact) mass is 368 g/mol. The Hall–Kier alpha value is -2.01. The fourth-order valence-corrected chi connectivity index (χ4v) is 2.45. The Bertz CT molecular complexity index is 755. The van der Waals surface area contributed by atoms with E-state index in [4.69, 9.17) is 34.8 Å². The average molecular weight is 370 g/mol. The average Bonchev–Trinajstić information content (AvgIpc) is 2.52. The van der Waals surface area contributed by atoms with Crippen molar-refractivity contribution in [1.82, 2.24) is 10.9 Å². The topological polar surface area (TPSA) is 58.2 Å². The van der Waals surface area contributed by atoms with Crippen LogP contribution in [0.25, 0.3) is 6.08 Å². The summed E-state index contributed by atoms with van der Waals surface area (Å²) in [5, 5.41) is 1.13. The van der Waals surface area contributed by atoms with Gasteiger partial charge >= 0.3 is 0 Å². The van der Waals surface area contributed by atoms with E-state index in [1.54, 1.807) is 42.5 Å². The van der Waals surface area contributed by atoms with Crippen LogP contribution in [0.15, 0.2) is 48.5 Å². The number of hydrazine groups is 1. The van der Waals surface area contributed by atoms with Crippen molar-refractivity contribution >= 4 is 52.7 Å². The lowest BCUT2D eigenvalue weighted by atomic mass is 10.2. The number of amides is 2. The summed E-state index contributed by atoms with van der Waals surface area (Å²) in [6.07, 6.45) is 2.67. The van der Waals surface area contributed by atoms with E-state index in [2.05, 4.69) is 10.9 Å². The second-order valence-electron chi connectivity index (χ2n) is 4.39. The smallest absolute Gasteiger partial charge is 0.268 e. The van der Waals surface area contributed by atoms with Crippen LogP contribution in [0.3, 0.4) is 0 Å². The number of halogens is 3. The predicted molar refractivity (Wildman–Crippen MR) is 92.6 cm³/mol. The van der Waals surface area contributed by atoms with Crippen molar-refractivity contribution in [3.63, 3.8) is 0 Å². The summed E-state index contributed by atoms with van der Waals surface area (Å²) in [6.45, 7) is 0. The molecule has 0 fully saturated rings. The molecule has 4 nitrogen and oxygen atoms in total. The molecule has 0 aliphatic rings. The van der Waals surface area contributed by atoms with Crippen LogP contribution in [-0.4, -0.2) is 11.8 Å². The molecule has 2 amide bonds. The van der Waals surface area contributed by atoms with Crippen molar-refractivity contribution in [1.29, 1.82) is 0 Å². The van der Waals surface area contributed by atoms with Gasteiger partial charge in [-0.1, -0.05) is 53.0 Å². The molecule has 23 heavy (non-hydrogen) atoms. The maximum atomic E-state index is 11.9. The van der Waals surface area contributed by atoms with Gasteiger partial charge in [-0.15, -0.1) is 0 Å². The number of hydrogen-bond acceptors (Lipinski definition) is 2. The zero-order chi connectivity index (χ0) is 16.8. The molecule has 7 heteroatoms. The van der Waals surface area contributed by atoms with E-state index in [-0.39, 0.29) is 10.6 Å². The van der Waals surface area contributed by atoms with E-state index < -0.39 is 11.8 Å². The Morgan fingerprint density at radius 3 is 2.09 bits per heavy atom. The SMILES string of the molecule is O=C(/C=C/c1c(Cl)cccc1Cl)NNC(=O)c1ccccc1Cl. The molecule has 2 N–H and O–H groups in total. The van der Waals surface area contributed by atoms with Gasteiger partial charge in [0.15, 0.2) is 0 Å². The van der Waals surface area contributed by atoms with Crippen molar-refractivity contribution in [3.8, 4) is 0 Å². The van der Waals surface area contributed by atoms with Crippen molar-refractivity contribution < 1.29 is 9.59 Å². The van der Waals surface area contributed by atoms with Crippen LogP contribution in [0.4, 0.5) is 0 Å². The van der Waals surface area contributed by atoms with Crippen molar-refractivity contribution in [2.45, 2.75) is 0 Å². The normalized spacial score (nSPS) is 10.6. The number of rotatable bonds is 3. The van der Waals surface area contributed by atoms with E-state index in [1.807, 2.05) is 0 Å². The summed E-state index contributed by atoms with van der Waals surface area (Å²) in [5.74, 6) is -1.06. The highest BCUT2D eigenvalue weighted by atomic mass is 35.5. The van der Waals surface area contributed by atoms with Crippen LogP contribution in [0.5, 0.6) is 0 Å². The van der Waals surface area contributed by atoms with Gasteiger partial charge in [0, 0.05) is 21.7 Å². The molecule has 0 bridgehead atoms. The van der Waals surface area contributed by atoms with Crippen molar-refractivity contribution in [3.05, 3.63) is 74.7 Å². The number of benzene rings is 2. The first-order valence-corrected chi connectivity index (χ1v) is 7.59. The van der Waals surface area contributed by atoms with E-state index in [0.717, 1.165) is 0 Å². The molecule has 0 saturated carbocycles. The quantitative estimate of drug-likeness (QED) is 0.631. The van der Waals surface area contributed by atoms with Gasteiger partial charge in [-0.2, -0.15) is 0 Å².